The summed E-state index contributed by atoms with van der Waals surface area (Å²) < 4.78 is 0. The van der Waals surface area contributed by atoms with Gasteiger partial charge < -0.3 is 5.73 Å². The van der Waals surface area contributed by atoms with Gasteiger partial charge in [-0.15, -0.1) is 6.58 Å². The van der Waals surface area contributed by atoms with Gasteiger partial charge in [-0.1, -0.05) is 19.4 Å². The van der Waals surface area contributed by atoms with Gasteiger partial charge in [-0.25, -0.2) is 0 Å². The van der Waals surface area contributed by atoms with Crippen molar-refractivity contribution in [2.45, 2.75) is 25.8 Å². The van der Waals surface area contributed by atoms with Crippen molar-refractivity contribution in [1.29, 1.82) is 0 Å². The van der Waals surface area contributed by atoms with E-state index in [-0.39, 0.29) is 0 Å². The maximum absolute atomic E-state index is 5.61. The molecule has 1 unspecified atom stereocenters. The standard InChI is InChI=1S/C9H20N2/c1-4-6-9(8-10)11(3)7-5-2/h5,9H,2,4,6-8,10H2,1,3H3. The third-order valence-corrected chi connectivity index (χ3v) is 1.93. The number of rotatable bonds is 6. The predicted octanol–water partition coefficient (Wildman–Crippen LogP) is 1.23. The SMILES string of the molecule is C=CCN(C)C(CN)CCC. The van der Waals surface area contributed by atoms with Gasteiger partial charge in [-0.05, 0) is 13.5 Å². The Morgan fingerprint density at radius 3 is 2.64 bits per heavy atom. The highest BCUT2D eigenvalue weighted by Gasteiger charge is 2.09. The molecule has 0 fully saturated rings. The maximum atomic E-state index is 5.61. The first-order valence-electron chi connectivity index (χ1n) is 4.27. The second-order valence-corrected chi connectivity index (χ2v) is 2.91. The van der Waals surface area contributed by atoms with E-state index in [0.717, 1.165) is 13.1 Å². The Morgan fingerprint density at radius 1 is 1.64 bits per heavy atom. The van der Waals surface area contributed by atoms with Crippen molar-refractivity contribution in [3.8, 4) is 0 Å². The number of likely N-dealkylation sites (N-methyl/N-ethyl adjacent to an activating group) is 1. The van der Waals surface area contributed by atoms with Gasteiger partial charge in [0.05, 0.1) is 0 Å². The zero-order chi connectivity index (χ0) is 8.69. The van der Waals surface area contributed by atoms with Crippen LogP contribution in [0.5, 0.6) is 0 Å². The maximum Gasteiger partial charge on any atom is 0.0218 e. The highest BCUT2D eigenvalue weighted by molar-refractivity contribution is 4.77. The molecular formula is C9H20N2. The molecule has 66 valence electrons. The fourth-order valence-electron chi connectivity index (χ4n) is 1.20. The van der Waals surface area contributed by atoms with Crippen LogP contribution in [0, 0.1) is 0 Å². The first-order valence-corrected chi connectivity index (χ1v) is 4.27. The Bertz CT molecular complexity index is 102. The van der Waals surface area contributed by atoms with E-state index < -0.39 is 0 Å². The molecule has 0 saturated heterocycles. The summed E-state index contributed by atoms with van der Waals surface area (Å²) in [7, 11) is 2.09. The molecule has 0 aliphatic rings. The van der Waals surface area contributed by atoms with Gasteiger partial charge in [-0.3, -0.25) is 4.90 Å². The summed E-state index contributed by atoms with van der Waals surface area (Å²) in [5.41, 5.74) is 5.61. The molecule has 0 amide bonds. The van der Waals surface area contributed by atoms with Gasteiger partial charge >= 0.3 is 0 Å². The molecule has 0 heterocycles. The lowest BCUT2D eigenvalue weighted by atomic mass is 10.1. The molecule has 1 atom stereocenters. The van der Waals surface area contributed by atoms with Crippen LogP contribution in [0.4, 0.5) is 0 Å². The van der Waals surface area contributed by atoms with Gasteiger partial charge in [0, 0.05) is 19.1 Å². The monoisotopic (exact) mass is 156 g/mol. The molecule has 0 spiro atoms. The lowest BCUT2D eigenvalue weighted by Gasteiger charge is -2.25. The van der Waals surface area contributed by atoms with Crippen LogP contribution in [0.2, 0.25) is 0 Å². The molecule has 0 aliphatic carbocycles. The second-order valence-electron chi connectivity index (χ2n) is 2.91. The number of hydrogen-bond donors (Lipinski definition) is 1. The van der Waals surface area contributed by atoms with Crippen LogP contribution in [0.25, 0.3) is 0 Å². The minimum absolute atomic E-state index is 0.526. The van der Waals surface area contributed by atoms with E-state index in [2.05, 4.69) is 25.5 Å². The summed E-state index contributed by atoms with van der Waals surface area (Å²) in [4.78, 5) is 2.25. The molecule has 11 heavy (non-hydrogen) atoms. The minimum atomic E-state index is 0.526. The first-order chi connectivity index (χ1) is 5.26. The van der Waals surface area contributed by atoms with Crippen LogP contribution in [0.15, 0.2) is 12.7 Å². The van der Waals surface area contributed by atoms with Gasteiger partial charge in [-0.2, -0.15) is 0 Å². The topological polar surface area (TPSA) is 29.3 Å². The molecule has 0 bridgehead atoms. The second kappa shape index (κ2) is 6.38. The lowest BCUT2D eigenvalue weighted by Crippen LogP contribution is -2.37. The van der Waals surface area contributed by atoms with Crippen molar-refractivity contribution in [1.82, 2.24) is 4.90 Å². The van der Waals surface area contributed by atoms with Crippen molar-refractivity contribution < 1.29 is 0 Å². The van der Waals surface area contributed by atoms with Crippen molar-refractivity contribution in [2.75, 3.05) is 20.1 Å². The average molecular weight is 156 g/mol. The van der Waals surface area contributed by atoms with Gasteiger partial charge in [0.15, 0.2) is 0 Å². The van der Waals surface area contributed by atoms with Crippen LogP contribution in [-0.4, -0.2) is 31.1 Å². The van der Waals surface area contributed by atoms with Crippen LogP contribution in [-0.2, 0) is 0 Å². The first kappa shape index (κ1) is 10.7. The van der Waals surface area contributed by atoms with E-state index in [0.29, 0.717) is 6.04 Å². The van der Waals surface area contributed by atoms with Crippen molar-refractivity contribution in [3.05, 3.63) is 12.7 Å². The number of nitrogens with two attached hydrogens (primary N) is 1. The Hall–Kier alpha value is -0.340. The number of nitrogens with zero attached hydrogens (tertiary/aromatic N) is 1. The normalized spacial score (nSPS) is 13.5. The molecular weight excluding hydrogens is 136 g/mol. The van der Waals surface area contributed by atoms with E-state index in [4.69, 9.17) is 5.73 Å². The van der Waals surface area contributed by atoms with Gasteiger partial charge in [0.2, 0.25) is 0 Å². The fraction of sp³-hybridized carbons (Fsp3) is 0.778. The highest BCUT2D eigenvalue weighted by atomic mass is 15.1. The van der Waals surface area contributed by atoms with Crippen molar-refractivity contribution in [3.63, 3.8) is 0 Å². The van der Waals surface area contributed by atoms with E-state index in [1.807, 2.05) is 6.08 Å². The highest BCUT2D eigenvalue weighted by Crippen LogP contribution is 2.02. The molecule has 0 aliphatic heterocycles. The Morgan fingerprint density at radius 2 is 2.27 bits per heavy atom. The third-order valence-electron chi connectivity index (χ3n) is 1.93. The molecule has 0 aromatic carbocycles. The molecule has 0 rings (SSSR count). The zero-order valence-electron chi connectivity index (χ0n) is 7.71. The molecule has 0 saturated carbocycles. The molecule has 2 nitrogen and oxygen atoms in total. The summed E-state index contributed by atoms with van der Waals surface area (Å²) in [5, 5.41) is 0. The van der Waals surface area contributed by atoms with Crippen LogP contribution >= 0.6 is 0 Å². The molecule has 0 aromatic rings. The van der Waals surface area contributed by atoms with Gasteiger partial charge in [0.25, 0.3) is 0 Å². The summed E-state index contributed by atoms with van der Waals surface area (Å²) in [6, 6.07) is 0.526. The van der Waals surface area contributed by atoms with Crippen molar-refractivity contribution in [2.24, 2.45) is 5.73 Å². The Balaban J connectivity index is 3.70. The van der Waals surface area contributed by atoms with Crippen molar-refractivity contribution >= 4 is 0 Å². The van der Waals surface area contributed by atoms with E-state index >= 15 is 0 Å². The summed E-state index contributed by atoms with van der Waals surface area (Å²) in [6.45, 7) is 7.56. The summed E-state index contributed by atoms with van der Waals surface area (Å²) in [6.07, 6.45) is 4.29. The van der Waals surface area contributed by atoms with E-state index in [1.54, 1.807) is 0 Å². The minimum Gasteiger partial charge on any atom is -0.329 e. The van der Waals surface area contributed by atoms with Crippen LogP contribution in [0.3, 0.4) is 0 Å². The Labute approximate surface area is 70.1 Å². The Kier molecular flexibility index (Phi) is 6.18. The fourth-order valence-corrected chi connectivity index (χ4v) is 1.20. The largest absolute Gasteiger partial charge is 0.329 e. The smallest absolute Gasteiger partial charge is 0.0218 e. The summed E-state index contributed by atoms with van der Waals surface area (Å²) in [5.74, 6) is 0. The molecule has 2 N–H and O–H groups in total. The predicted molar refractivity (Wildman–Crippen MR) is 50.6 cm³/mol. The zero-order valence-corrected chi connectivity index (χ0v) is 7.71. The average Bonchev–Trinajstić information content (AvgIpc) is 2.00. The van der Waals surface area contributed by atoms with Crippen LogP contribution < -0.4 is 5.73 Å². The quantitative estimate of drug-likeness (QED) is 0.586. The van der Waals surface area contributed by atoms with E-state index in [9.17, 15) is 0 Å². The van der Waals surface area contributed by atoms with E-state index in [1.165, 1.54) is 12.8 Å². The third kappa shape index (κ3) is 4.17. The molecule has 0 radical (unpaired) electrons. The summed E-state index contributed by atoms with van der Waals surface area (Å²) >= 11 is 0. The molecule has 0 aromatic heterocycles. The lowest BCUT2D eigenvalue weighted by molar-refractivity contribution is 0.257. The van der Waals surface area contributed by atoms with Crippen LogP contribution in [0.1, 0.15) is 19.8 Å². The van der Waals surface area contributed by atoms with Gasteiger partial charge in [0.1, 0.15) is 0 Å². The number of hydrogen-bond acceptors (Lipinski definition) is 2. The molecule has 2 heteroatoms.